The maximum atomic E-state index is 10.5. The molecule has 0 aliphatic rings. The van der Waals surface area contributed by atoms with E-state index in [0.29, 0.717) is 0 Å². The van der Waals surface area contributed by atoms with Crippen molar-refractivity contribution >= 4 is 23.6 Å². The standard InChI is InChI=1S/C6H12N2O3S/c1-3(5(8)9)12-2-4(7)6(10)11/h3-4H,2,7H2,1H3,(H2,8,9)(H,10,11). The van der Waals surface area contributed by atoms with Gasteiger partial charge in [0.25, 0.3) is 0 Å². The summed E-state index contributed by atoms with van der Waals surface area (Å²) in [5, 5.41) is 7.99. The Kier molecular flexibility index (Phi) is 4.68. The molecule has 0 fully saturated rings. The highest BCUT2D eigenvalue weighted by Gasteiger charge is 2.15. The lowest BCUT2D eigenvalue weighted by molar-refractivity contribution is -0.137. The van der Waals surface area contributed by atoms with Gasteiger partial charge in [0.2, 0.25) is 5.91 Å². The van der Waals surface area contributed by atoms with Crippen LogP contribution in [0.5, 0.6) is 0 Å². The van der Waals surface area contributed by atoms with Gasteiger partial charge in [0.15, 0.2) is 0 Å². The number of hydrogen-bond donors (Lipinski definition) is 3. The Balaban J connectivity index is 3.68. The topological polar surface area (TPSA) is 106 Å². The van der Waals surface area contributed by atoms with Crippen molar-refractivity contribution in [2.45, 2.75) is 18.2 Å². The Bertz CT molecular complexity index is 166. The molecule has 5 N–H and O–H groups in total. The molecule has 0 aliphatic heterocycles. The lowest BCUT2D eigenvalue weighted by atomic mass is 10.4. The van der Waals surface area contributed by atoms with E-state index in [1.807, 2.05) is 0 Å². The minimum atomic E-state index is -1.07. The second-order valence-electron chi connectivity index (χ2n) is 2.32. The number of primary amides is 1. The molecule has 0 aromatic rings. The summed E-state index contributed by atoms with van der Waals surface area (Å²) in [7, 11) is 0. The maximum absolute atomic E-state index is 10.5. The molecule has 0 aliphatic carbocycles. The molecule has 0 heterocycles. The highest BCUT2D eigenvalue weighted by Crippen LogP contribution is 2.10. The molecule has 0 aromatic carbocycles. The molecule has 0 saturated carbocycles. The summed E-state index contributed by atoms with van der Waals surface area (Å²) in [6, 6.07) is -0.934. The summed E-state index contributed by atoms with van der Waals surface area (Å²) in [5.74, 6) is -1.34. The van der Waals surface area contributed by atoms with Crippen molar-refractivity contribution in [2.24, 2.45) is 11.5 Å². The van der Waals surface area contributed by atoms with Gasteiger partial charge in [0.05, 0.1) is 5.25 Å². The van der Waals surface area contributed by atoms with Gasteiger partial charge >= 0.3 is 5.97 Å². The fourth-order valence-corrected chi connectivity index (χ4v) is 1.20. The summed E-state index contributed by atoms with van der Waals surface area (Å²) in [5.41, 5.74) is 10.1. The van der Waals surface area contributed by atoms with Crippen LogP contribution in [0.1, 0.15) is 6.92 Å². The van der Waals surface area contributed by atoms with Crippen molar-refractivity contribution in [1.82, 2.24) is 0 Å². The SMILES string of the molecule is CC(SCC(N)C(=O)O)C(N)=O. The maximum Gasteiger partial charge on any atom is 0.321 e. The third-order valence-electron chi connectivity index (χ3n) is 1.24. The van der Waals surface area contributed by atoms with Crippen LogP contribution in [0, 0.1) is 0 Å². The Hall–Kier alpha value is -0.750. The quantitative estimate of drug-likeness (QED) is 0.518. The van der Waals surface area contributed by atoms with E-state index >= 15 is 0 Å². The van der Waals surface area contributed by atoms with Crippen molar-refractivity contribution in [3.8, 4) is 0 Å². The van der Waals surface area contributed by atoms with Gasteiger partial charge in [0.1, 0.15) is 6.04 Å². The Morgan fingerprint density at radius 3 is 2.42 bits per heavy atom. The Labute approximate surface area is 74.5 Å². The minimum absolute atomic E-state index is 0.194. The molecule has 0 saturated heterocycles. The van der Waals surface area contributed by atoms with Crippen LogP contribution in [0.25, 0.3) is 0 Å². The van der Waals surface area contributed by atoms with Crippen LogP contribution in [0.15, 0.2) is 0 Å². The van der Waals surface area contributed by atoms with E-state index in [1.54, 1.807) is 6.92 Å². The van der Waals surface area contributed by atoms with Crippen LogP contribution < -0.4 is 11.5 Å². The van der Waals surface area contributed by atoms with Crippen LogP contribution in [0.4, 0.5) is 0 Å². The van der Waals surface area contributed by atoms with Crippen molar-refractivity contribution in [3.63, 3.8) is 0 Å². The number of carbonyl (C=O) groups excluding carboxylic acids is 1. The van der Waals surface area contributed by atoms with Crippen LogP contribution in [0.3, 0.4) is 0 Å². The van der Waals surface area contributed by atoms with Gasteiger partial charge in [-0.05, 0) is 6.92 Å². The van der Waals surface area contributed by atoms with Gasteiger partial charge in [-0.25, -0.2) is 0 Å². The molecule has 0 spiro atoms. The molecule has 0 rings (SSSR count). The van der Waals surface area contributed by atoms with E-state index in [0.717, 1.165) is 11.8 Å². The number of thioether (sulfide) groups is 1. The smallest absolute Gasteiger partial charge is 0.321 e. The second-order valence-corrected chi connectivity index (χ2v) is 3.70. The molecule has 12 heavy (non-hydrogen) atoms. The Morgan fingerprint density at radius 1 is 1.58 bits per heavy atom. The normalized spacial score (nSPS) is 15.2. The molecule has 70 valence electrons. The lowest BCUT2D eigenvalue weighted by Gasteiger charge is -2.08. The summed E-state index contributed by atoms with van der Waals surface area (Å²) in [4.78, 5) is 20.7. The largest absolute Gasteiger partial charge is 0.480 e. The van der Waals surface area contributed by atoms with Crippen LogP contribution in [-0.4, -0.2) is 34.0 Å². The average Bonchev–Trinajstić information content (AvgIpc) is 1.98. The van der Waals surface area contributed by atoms with Gasteiger partial charge in [-0.15, -0.1) is 11.8 Å². The van der Waals surface area contributed by atoms with E-state index < -0.39 is 23.2 Å². The number of aliphatic carboxylic acids is 1. The first kappa shape index (κ1) is 11.2. The van der Waals surface area contributed by atoms with Gasteiger partial charge < -0.3 is 16.6 Å². The fourth-order valence-electron chi connectivity index (χ4n) is 0.401. The summed E-state index contributed by atoms with van der Waals surface area (Å²) in [6.07, 6.45) is 0. The second kappa shape index (κ2) is 5.00. The predicted octanol–water partition coefficient (Wildman–Crippen LogP) is -0.995. The van der Waals surface area contributed by atoms with Crippen molar-refractivity contribution in [1.29, 1.82) is 0 Å². The summed E-state index contributed by atoms with van der Waals surface area (Å²) < 4.78 is 0. The third kappa shape index (κ3) is 4.20. The molecule has 2 atom stereocenters. The van der Waals surface area contributed by atoms with Crippen LogP contribution in [0.2, 0.25) is 0 Å². The predicted molar refractivity (Wildman–Crippen MR) is 46.7 cm³/mol. The van der Waals surface area contributed by atoms with Gasteiger partial charge in [-0.1, -0.05) is 0 Å². The van der Waals surface area contributed by atoms with E-state index in [4.69, 9.17) is 16.6 Å². The highest BCUT2D eigenvalue weighted by molar-refractivity contribution is 8.00. The van der Waals surface area contributed by atoms with Gasteiger partial charge in [-0.2, -0.15) is 0 Å². The van der Waals surface area contributed by atoms with Crippen LogP contribution in [-0.2, 0) is 9.59 Å². The number of carboxylic acids is 1. The Morgan fingerprint density at radius 2 is 2.08 bits per heavy atom. The van der Waals surface area contributed by atoms with Crippen LogP contribution >= 0.6 is 11.8 Å². The van der Waals surface area contributed by atoms with E-state index in [2.05, 4.69) is 0 Å². The van der Waals surface area contributed by atoms with Gasteiger partial charge in [-0.3, -0.25) is 9.59 Å². The molecule has 2 unspecified atom stereocenters. The monoisotopic (exact) mass is 192 g/mol. The number of amides is 1. The molecule has 1 amide bonds. The fraction of sp³-hybridized carbons (Fsp3) is 0.667. The third-order valence-corrected chi connectivity index (χ3v) is 2.53. The number of carboxylic acid groups (broad SMARTS) is 1. The number of hydrogen-bond acceptors (Lipinski definition) is 4. The van der Waals surface area contributed by atoms with Crippen molar-refractivity contribution in [2.75, 3.05) is 5.75 Å². The van der Waals surface area contributed by atoms with Crippen molar-refractivity contribution in [3.05, 3.63) is 0 Å². The minimum Gasteiger partial charge on any atom is -0.480 e. The molecule has 0 aromatic heterocycles. The van der Waals surface area contributed by atoms with E-state index in [9.17, 15) is 9.59 Å². The molecule has 0 bridgehead atoms. The molecule has 5 nitrogen and oxygen atoms in total. The first-order valence-electron chi connectivity index (χ1n) is 3.34. The zero-order valence-electron chi connectivity index (χ0n) is 6.69. The molecule has 0 radical (unpaired) electrons. The lowest BCUT2D eigenvalue weighted by Crippen LogP contribution is -2.34. The zero-order valence-corrected chi connectivity index (χ0v) is 7.50. The van der Waals surface area contributed by atoms with E-state index in [1.165, 1.54) is 0 Å². The molecular weight excluding hydrogens is 180 g/mol. The zero-order chi connectivity index (χ0) is 9.72. The number of carbonyl (C=O) groups is 2. The average molecular weight is 192 g/mol. The molecular formula is C6H12N2O3S. The number of nitrogens with two attached hydrogens (primary N) is 2. The van der Waals surface area contributed by atoms with Crippen molar-refractivity contribution < 1.29 is 14.7 Å². The van der Waals surface area contributed by atoms with Gasteiger partial charge in [0, 0.05) is 5.75 Å². The first-order valence-corrected chi connectivity index (χ1v) is 4.39. The first-order chi connectivity index (χ1) is 5.45. The molecule has 6 heteroatoms. The summed E-state index contributed by atoms with van der Waals surface area (Å²) in [6.45, 7) is 1.61. The number of rotatable bonds is 5. The van der Waals surface area contributed by atoms with E-state index in [-0.39, 0.29) is 5.75 Å². The summed E-state index contributed by atoms with van der Waals surface area (Å²) >= 11 is 1.14. The highest BCUT2D eigenvalue weighted by atomic mass is 32.2.